The number of aromatic nitrogens is 1. The molecule has 0 atom stereocenters. The summed E-state index contributed by atoms with van der Waals surface area (Å²) < 4.78 is 13.6. The van der Waals surface area contributed by atoms with Gasteiger partial charge in [-0.05, 0) is 91.3 Å². The third-order valence-electron chi connectivity index (χ3n) is 11.5. The maximum atomic E-state index is 6.98. The number of ether oxygens (including phenoxy) is 2. The summed E-state index contributed by atoms with van der Waals surface area (Å²) in [4.78, 5) is 5.25. The quantitative estimate of drug-likeness (QED) is 0.171. The largest absolute Gasteiger partial charge is 0.449 e. The van der Waals surface area contributed by atoms with Gasteiger partial charge in [-0.2, -0.15) is 0 Å². The van der Waals surface area contributed by atoms with Gasteiger partial charge in [0.1, 0.15) is 0 Å². The molecule has 1 aliphatic heterocycles. The molecule has 0 radical (unpaired) electrons. The molecule has 3 nitrogen and oxygen atoms in total. The smallest absolute Gasteiger partial charge is 0.178 e. The zero-order valence-electron chi connectivity index (χ0n) is 30.5. The number of hydrogen-bond donors (Lipinski definition) is 0. The summed E-state index contributed by atoms with van der Waals surface area (Å²) >= 11 is 0. The molecule has 8 aromatic carbocycles. The highest BCUT2D eigenvalue weighted by atomic mass is 16.6. The van der Waals surface area contributed by atoms with Crippen molar-refractivity contribution in [3.8, 4) is 78.9 Å². The van der Waals surface area contributed by atoms with Gasteiger partial charge in [0.2, 0.25) is 0 Å². The number of benzene rings is 8. The first-order valence-electron chi connectivity index (χ1n) is 18.9. The van der Waals surface area contributed by atoms with Gasteiger partial charge in [-0.1, -0.05) is 153 Å². The van der Waals surface area contributed by atoms with Crippen LogP contribution in [0.5, 0.6) is 23.0 Å². The number of pyridine rings is 1. The van der Waals surface area contributed by atoms with Crippen LogP contribution in [0.3, 0.4) is 0 Å². The van der Waals surface area contributed by atoms with Crippen LogP contribution in [0.1, 0.15) is 25.0 Å². The zero-order chi connectivity index (χ0) is 36.7. The topological polar surface area (TPSA) is 31.4 Å². The van der Waals surface area contributed by atoms with Crippen molar-refractivity contribution in [2.75, 3.05) is 0 Å². The second-order valence-electron chi connectivity index (χ2n) is 15.1. The van der Waals surface area contributed by atoms with E-state index in [1.165, 1.54) is 38.2 Å². The van der Waals surface area contributed by atoms with E-state index in [9.17, 15) is 0 Å². The van der Waals surface area contributed by atoms with E-state index in [1.54, 1.807) is 0 Å². The molecule has 0 unspecified atom stereocenters. The lowest BCUT2D eigenvalue weighted by Gasteiger charge is -2.26. The molecule has 55 heavy (non-hydrogen) atoms. The predicted molar refractivity (Wildman–Crippen MR) is 225 cm³/mol. The highest BCUT2D eigenvalue weighted by molar-refractivity contribution is 6.08. The first kappa shape index (κ1) is 31.5. The van der Waals surface area contributed by atoms with Crippen LogP contribution in [0.15, 0.2) is 176 Å². The van der Waals surface area contributed by atoms with Crippen molar-refractivity contribution in [1.29, 1.82) is 0 Å². The summed E-state index contributed by atoms with van der Waals surface area (Å²) in [7, 11) is 0. The molecule has 0 saturated heterocycles. The minimum absolute atomic E-state index is 0.137. The van der Waals surface area contributed by atoms with Gasteiger partial charge in [0.15, 0.2) is 23.0 Å². The van der Waals surface area contributed by atoms with E-state index in [-0.39, 0.29) is 5.41 Å². The Bertz CT molecular complexity index is 3010. The summed E-state index contributed by atoms with van der Waals surface area (Å²) in [6.45, 7) is 4.57. The van der Waals surface area contributed by atoms with Crippen molar-refractivity contribution in [2.24, 2.45) is 0 Å². The Labute approximate surface area is 320 Å². The first-order valence-corrected chi connectivity index (χ1v) is 18.9. The normalized spacial score (nSPS) is 13.3. The number of fused-ring (bicyclic) bond motifs is 9. The average molecular weight is 706 g/mol. The predicted octanol–water partition coefficient (Wildman–Crippen LogP) is 14.3. The highest BCUT2D eigenvalue weighted by Gasteiger charge is 2.39. The van der Waals surface area contributed by atoms with E-state index in [0.29, 0.717) is 5.75 Å². The minimum atomic E-state index is -0.137. The SMILES string of the molecule is CC1(C)c2ccccc2-c2c1ccc1c2Oc2c(cccc2-c2cccc(-c3cc(-c4ccccc4)nc(-c4ccc5c(ccc6ccccc65)c4)c3)c2)O1. The van der Waals surface area contributed by atoms with Gasteiger partial charge in [0, 0.05) is 27.7 Å². The third-order valence-corrected chi connectivity index (χ3v) is 11.5. The molecular weight excluding hydrogens is 671 g/mol. The maximum Gasteiger partial charge on any atom is 0.178 e. The van der Waals surface area contributed by atoms with E-state index >= 15 is 0 Å². The summed E-state index contributed by atoms with van der Waals surface area (Å²) in [5.74, 6) is 2.96. The van der Waals surface area contributed by atoms with Gasteiger partial charge in [-0.3, -0.25) is 0 Å². The van der Waals surface area contributed by atoms with Gasteiger partial charge in [-0.25, -0.2) is 4.98 Å². The second kappa shape index (κ2) is 12.0. The summed E-state index contributed by atoms with van der Waals surface area (Å²) in [6.07, 6.45) is 0. The molecule has 0 fully saturated rings. The van der Waals surface area contributed by atoms with Crippen LogP contribution >= 0.6 is 0 Å². The van der Waals surface area contributed by atoms with E-state index in [2.05, 4.69) is 172 Å². The number of rotatable bonds is 4. The Morgan fingerprint density at radius 3 is 2.00 bits per heavy atom. The van der Waals surface area contributed by atoms with Crippen molar-refractivity contribution >= 4 is 21.5 Å². The van der Waals surface area contributed by atoms with Crippen molar-refractivity contribution in [1.82, 2.24) is 4.98 Å². The fourth-order valence-corrected chi connectivity index (χ4v) is 8.71. The second-order valence-corrected chi connectivity index (χ2v) is 15.1. The zero-order valence-corrected chi connectivity index (χ0v) is 30.5. The fraction of sp³-hybridized carbons (Fsp3) is 0.0577. The molecule has 0 spiro atoms. The molecule has 0 N–H and O–H groups in total. The Morgan fingerprint density at radius 1 is 0.400 bits per heavy atom. The van der Waals surface area contributed by atoms with Crippen LogP contribution in [0.2, 0.25) is 0 Å². The van der Waals surface area contributed by atoms with E-state index in [0.717, 1.165) is 67.6 Å². The molecule has 11 rings (SSSR count). The fourth-order valence-electron chi connectivity index (χ4n) is 8.71. The third kappa shape index (κ3) is 5.01. The Balaban J connectivity index is 1.02. The Hall–Kier alpha value is -6.97. The van der Waals surface area contributed by atoms with Crippen molar-refractivity contribution in [2.45, 2.75) is 19.3 Å². The van der Waals surface area contributed by atoms with Crippen LogP contribution in [0.4, 0.5) is 0 Å². The van der Waals surface area contributed by atoms with Gasteiger partial charge in [0.25, 0.3) is 0 Å². The van der Waals surface area contributed by atoms with Crippen LogP contribution in [0.25, 0.3) is 77.4 Å². The molecular formula is C52H35NO2. The Morgan fingerprint density at radius 2 is 1.09 bits per heavy atom. The Kier molecular flexibility index (Phi) is 6.90. The van der Waals surface area contributed by atoms with Gasteiger partial charge < -0.3 is 9.47 Å². The minimum Gasteiger partial charge on any atom is -0.449 e. The molecule has 0 saturated carbocycles. The molecule has 3 heteroatoms. The molecule has 9 aromatic rings. The van der Waals surface area contributed by atoms with Crippen molar-refractivity contribution in [3.05, 3.63) is 187 Å². The summed E-state index contributed by atoms with van der Waals surface area (Å²) in [5, 5.41) is 4.94. The van der Waals surface area contributed by atoms with Gasteiger partial charge >= 0.3 is 0 Å². The standard InChI is InChI=1S/C52H35NO2/c1-52(2)43-20-9-8-18-42(43)49-44(52)26-27-48-51(49)55-50-41(19-11-21-47(50)54-48)35-16-10-15-34(28-35)38-30-45(33-13-4-3-5-14-33)53-46(31-38)37-24-25-40-36(29-37)23-22-32-12-6-7-17-39(32)40/h3-31H,1-2H3. The molecule has 2 heterocycles. The lowest BCUT2D eigenvalue weighted by Crippen LogP contribution is -2.15. The highest BCUT2D eigenvalue weighted by Crippen LogP contribution is 2.59. The van der Waals surface area contributed by atoms with E-state index in [4.69, 9.17) is 14.5 Å². The average Bonchev–Trinajstić information content (AvgIpc) is 3.48. The van der Waals surface area contributed by atoms with E-state index < -0.39 is 0 Å². The number of para-hydroxylation sites is 1. The molecule has 260 valence electrons. The molecule has 0 amide bonds. The lowest BCUT2D eigenvalue weighted by atomic mass is 9.82. The molecule has 0 bridgehead atoms. The van der Waals surface area contributed by atoms with Crippen LogP contribution in [0, 0.1) is 0 Å². The lowest BCUT2D eigenvalue weighted by molar-refractivity contribution is 0.361. The van der Waals surface area contributed by atoms with Gasteiger partial charge in [0.05, 0.1) is 11.4 Å². The summed E-state index contributed by atoms with van der Waals surface area (Å²) in [6, 6.07) is 62.3. The monoisotopic (exact) mass is 705 g/mol. The van der Waals surface area contributed by atoms with Gasteiger partial charge in [-0.15, -0.1) is 0 Å². The van der Waals surface area contributed by atoms with E-state index in [1.807, 2.05) is 18.2 Å². The molecule has 1 aromatic heterocycles. The van der Waals surface area contributed by atoms with Crippen LogP contribution in [-0.2, 0) is 5.41 Å². The first-order chi connectivity index (χ1) is 27.0. The molecule has 2 aliphatic rings. The number of nitrogens with zero attached hydrogens (tertiary/aromatic N) is 1. The maximum absolute atomic E-state index is 6.98. The van der Waals surface area contributed by atoms with Crippen molar-refractivity contribution in [3.63, 3.8) is 0 Å². The molecule has 1 aliphatic carbocycles. The summed E-state index contributed by atoms with van der Waals surface area (Å²) in [5.41, 5.74) is 13.0. The van der Waals surface area contributed by atoms with Crippen LogP contribution in [-0.4, -0.2) is 4.98 Å². The number of hydrogen-bond acceptors (Lipinski definition) is 3. The van der Waals surface area contributed by atoms with Crippen LogP contribution < -0.4 is 9.47 Å². The van der Waals surface area contributed by atoms with Crippen molar-refractivity contribution < 1.29 is 9.47 Å².